The van der Waals surface area contributed by atoms with Crippen molar-refractivity contribution in [2.24, 2.45) is 0 Å². The van der Waals surface area contributed by atoms with E-state index in [0.717, 1.165) is 38.1 Å². The fourth-order valence-corrected chi connectivity index (χ4v) is 3.87. The molecule has 25 heavy (non-hydrogen) atoms. The number of hydrogen-bond acceptors (Lipinski definition) is 4. The Morgan fingerprint density at radius 2 is 1.84 bits per heavy atom. The molecule has 1 unspecified atom stereocenters. The first kappa shape index (κ1) is 16.6. The Kier molecular flexibility index (Phi) is 5.04. The molecule has 1 aromatic carbocycles. The SMILES string of the molecule is CNC1CCN(c2ccc(-c3cnn(C4CCCCO4)c3)cc2)CC1. The zero-order valence-electron chi connectivity index (χ0n) is 15.0. The van der Waals surface area contributed by atoms with Gasteiger partial charge < -0.3 is 15.0 Å². The van der Waals surface area contributed by atoms with Gasteiger partial charge in [0.05, 0.1) is 6.20 Å². The summed E-state index contributed by atoms with van der Waals surface area (Å²) < 4.78 is 7.80. The average molecular weight is 340 g/mol. The second kappa shape index (κ2) is 7.58. The van der Waals surface area contributed by atoms with Gasteiger partial charge >= 0.3 is 0 Å². The molecule has 0 bridgehead atoms. The monoisotopic (exact) mass is 340 g/mol. The molecule has 4 rings (SSSR count). The number of hydrogen-bond donors (Lipinski definition) is 1. The summed E-state index contributed by atoms with van der Waals surface area (Å²) in [6.45, 7) is 3.10. The van der Waals surface area contributed by atoms with E-state index in [1.54, 1.807) is 0 Å². The predicted octanol–water partition coefficient (Wildman–Crippen LogP) is 3.44. The van der Waals surface area contributed by atoms with Gasteiger partial charge in [0.25, 0.3) is 0 Å². The number of aromatic nitrogens is 2. The molecule has 0 amide bonds. The van der Waals surface area contributed by atoms with Crippen LogP contribution in [0.1, 0.15) is 38.3 Å². The normalized spacial score (nSPS) is 22.3. The summed E-state index contributed by atoms with van der Waals surface area (Å²) in [7, 11) is 2.06. The highest BCUT2D eigenvalue weighted by Crippen LogP contribution is 2.27. The second-order valence-corrected chi connectivity index (χ2v) is 7.13. The Balaban J connectivity index is 1.43. The molecule has 2 saturated heterocycles. The lowest BCUT2D eigenvalue weighted by Crippen LogP contribution is -2.41. The van der Waals surface area contributed by atoms with E-state index in [-0.39, 0.29) is 6.23 Å². The van der Waals surface area contributed by atoms with Crippen molar-refractivity contribution in [2.75, 3.05) is 31.6 Å². The van der Waals surface area contributed by atoms with E-state index < -0.39 is 0 Å². The lowest BCUT2D eigenvalue weighted by molar-refractivity contribution is -0.0394. The molecule has 0 spiro atoms. The first-order valence-electron chi connectivity index (χ1n) is 9.52. The molecule has 2 aliphatic rings. The summed E-state index contributed by atoms with van der Waals surface area (Å²) >= 11 is 0. The van der Waals surface area contributed by atoms with Gasteiger partial charge in [-0.1, -0.05) is 12.1 Å². The minimum absolute atomic E-state index is 0.107. The van der Waals surface area contributed by atoms with Gasteiger partial charge in [-0.3, -0.25) is 0 Å². The molecular weight excluding hydrogens is 312 g/mol. The van der Waals surface area contributed by atoms with Gasteiger partial charge in [-0.05, 0) is 56.8 Å². The number of nitrogens with one attached hydrogen (secondary N) is 1. The summed E-state index contributed by atoms with van der Waals surface area (Å²) in [6.07, 6.45) is 10.0. The van der Waals surface area contributed by atoms with Crippen LogP contribution in [0, 0.1) is 0 Å². The zero-order chi connectivity index (χ0) is 17.1. The van der Waals surface area contributed by atoms with E-state index in [1.165, 1.54) is 30.5 Å². The molecule has 0 saturated carbocycles. The van der Waals surface area contributed by atoms with E-state index in [0.29, 0.717) is 6.04 Å². The molecule has 1 N–H and O–H groups in total. The van der Waals surface area contributed by atoms with Crippen molar-refractivity contribution in [1.29, 1.82) is 0 Å². The third-order valence-electron chi connectivity index (χ3n) is 5.52. The van der Waals surface area contributed by atoms with Crippen LogP contribution in [0.4, 0.5) is 5.69 Å². The van der Waals surface area contributed by atoms with Crippen molar-refractivity contribution in [3.05, 3.63) is 36.7 Å². The highest BCUT2D eigenvalue weighted by Gasteiger charge is 2.19. The standard InChI is InChI=1S/C20H28N4O/c1-21-18-9-11-23(12-10-18)19-7-5-16(6-8-19)17-14-22-24(15-17)20-4-2-3-13-25-20/h5-8,14-15,18,20-21H,2-4,9-13H2,1H3. The summed E-state index contributed by atoms with van der Waals surface area (Å²) in [4.78, 5) is 2.48. The average Bonchev–Trinajstić information content (AvgIpc) is 3.19. The van der Waals surface area contributed by atoms with Crippen LogP contribution in [-0.2, 0) is 4.74 Å². The molecule has 2 aliphatic heterocycles. The highest BCUT2D eigenvalue weighted by atomic mass is 16.5. The van der Waals surface area contributed by atoms with Crippen molar-refractivity contribution in [1.82, 2.24) is 15.1 Å². The summed E-state index contributed by atoms with van der Waals surface area (Å²) in [5.74, 6) is 0. The minimum atomic E-state index is 0.107. The van der Waals surface area contributed by atoms with Crippen molar-refractivity contribution < 1.29 is 4.74 Å². The highest BCUT2D eigenvalue weighted by molar-refractivity contribution is 5.65. The molecule has 5 heteroatoms. The Hall–Kier alpha value is -1.85. The molecule has 5 nitrogen and oxygen atoms in total. The van der Waals surface area contributed by atoms with Gasteiger partial charge in [-0.25, -0.2) is 4.68 Å². The van der Waals surface area contributed by atoms with E-state index in [1.807, 2.05) is 10.9 Å². The molecule has 134 valence electrons. The molecule has 2 aromatic rings. The maximum Gasteiger partial charge on any atom is 0.150 e. The van der Waals surface area contributed by atoms with Crippen LogP contribution in [0.5, 0.6) is 0 Å². The van der Waals surface area contributed by atoms with Crippen molar-refractivity contribution in [3.63, 3.8) is 0 Å². The minimum Gasteiger partial charge on any atom is -0.371 e. The first-order valence-corrected chi connectivity index (χ1v) is 9.52. The van der Waals surface area contributed by atoms with Crippen LogP contribution in [-0.4, -0.2) is 42.6 Å². The van der Waals surface area contributed by atoms with Gasteiger partial charge in [-0.2, -0.15) is 5.10 Å². The van der Waals surface area contributed by atoms with Crippen LogP contribution >= 0.6 is 0 Å². The van der Waals surface area contributed by atoms with Crippen LogP contribution in [0.15, 0.2) is 36.7 Å². The molecule has 3 heterocycles. The largest absolute Gasteiger partial charge is 0.371 e. The Bertz CT molecular complexity index is 667. The molecule has 0 aliphatic carbocycles. The number of ether oxygens (including phenoxy) is 1. The molecule has 0 radical (unpaired) electrons. The van der Waals surface area contributed by atoms with Gasteiger partial charge in [0, 0.05) is 43.2 Å². The number of anilines is 1. The van der Waals surface area contributed by atoms with Crippen LogP contribution in [0.25, 0.3) is 11.1 Å². The number of nitrogens with zero attached hydrogens (tertiary/aromatic N) is 3. The number of piperidine rings is 1. The number of rotatable bonds is 4. The topological polar surface area (TPSA) is 42.3 Å². The van der Waals surface area contributed by atoms with E-state index >= 15 is 0 Å². The van der Waals surface area contributed by atoms with Gasteiger partial charge in [0.1, 0.15) is 6.23 Å². The fraction of sp³-hybridized carbons (Fsp3) is 0.550. The molecular formula is C20H28N4O. The lowest BCUT2D eigenvalue weighted by Gasteiger charge is -2.33. The maximum absolute atomic E-state index is 5.82. The second-order valence-electron chi connectivity index (χ2n) is 7.13. The summed E-state index contributed by atoms with van der Waals surface area (Å²) in [5.41, 5.74) is 3.70. The molecule has 1 atom stereocenters. The van der Waals surface area contributed by atoms with Crippen LogP contribution in [0.3, 0.4) is 0 Å². The lowest BCUT2D eigenvalue weighted by atomic mass is 10.0. The van der Waals surface area contributed by atoms with Crippen molar-refractivity contribution in [3.8, 4) is 11.1 Å². The van der Waals surface area contributed by atoms with Crippen molar-refractivity contribution in [2.45, 2.75) is 44.4 Å². The fourth-order valence-electron chi connectivity index (χ4n) is 3.87. The summed E-state index contributed by atoms with van der Waals surface area (Å²) in [6, 6.07) is 9.57. The third-order valence-corrected chi connectivity index (χ3v) is 5.52. The molecule has 2 fully saturated rings. The number of benzene rings is 1. The van der Waals surface area contributed by atoms with E-state index in [2.05, 4.69) is 52.8 Å². The van der Waals surface area contributed by atoms with Crippen LogP contribution in [0.2, 0.25) is 0 Å². The predicted molar refractivity (Wildman–Crippen MR) is 101 cm³/mol. The maximum atomic E-state index is 5.82. The Labute approximate surface area is 150 Å². The summed E-state index contributed by atoms with van der Waals surface area (Å²) in [5, 5.41) is 7.91. The first-order chi connectivity index (χ1) is 12.3. The van der Waals surface area contributed by atoms with Gasteiger partial charge in [0.2, 0.25) is 0 Å². The zero-order valence-corrected chi connectivity index (χ0v) is 15.0. The third kappa shape index (κ3) is 3.72. The quantitative estimate of drug-likeness (QED) is 0.926. The van der Waals surface area contributed by atoms with Crippen molar-refractivity contribution >= 4 is 5.69 Å². The smallest absolute Gasteiger partial charge is 0.150 e. The van der Waals surface area contributed by atoms with Crippen LogP contribution < -0.4 is 10.2 Å². The Morgan fingerprint density at radius 3 is 2.52 bits per heavy atom. The van der Waals surface area contributed by atoms with E-state index in [9.17, 15) is 0 Å². The molecule has 1 aromatic heterocycles. The van der Waals surface area contributed by atoms with Gasteiger partial charge in [-0.15, -0.1) is 0 Å². The van der Waals surface area contributed by atoms with E-state index in [4.69, 9.17) is 4.74 Å². The van der Waals surface area contributed by atoms with Gasteiger partial charge in [0.15, 0.2) is 0 Å². The Morgan fingerprint density at radius 1 is 1.04 bits per heavy atom.